The highest BCUT2D eigenvalue weighted by molar-refractivity contribution is 9.10. The van der Waals surface area contributed by atoms with E-state index >= 15 is 0 Å². The van der Waals surface area contributed by atoms with Gasteiger partial charge in [-0.3, -0.25) is 13.8 Å². The number of rotatable bonds is 9. The molecule has 4 aromatic carbocycles. The summed E-state index contributed by atoms with van der Waals surface area (Å²) in [5.74, 6) is -0.659. The summed E-state index contributed by atoms with van der Waals surface area (Å²) in [6.45, 7) is -0.543. The number of hydrogen-bond acceptors (Lipinski definition) is 5. The Bertz CT molecular complexity index is 1600. The minimum atomic E-state index is -4.08. The van der Waals surface area contributed by atoms with E-state index in [9.17, 15) is 21.6 Å². The van der Waals surface area contributed by atoms with Gasteiger partial charge < -0.3 is 5.32 Å². The van der Waals surface area contributed by atoms with Gasteiger partial charge in [-0.05, 0) is 60.7 Å². The van der Waals surface area contributed by atoms with Gasteiger partial charge in [-0.1, -0.05) is 64.5 Å². The molecule has 0 radical (unpaired) electrons. The fourth-order valence-corrected chi connectivity index (χ4v) is 6.25. The average molecular weight is 601 g/mol. The van der Waals surface area contributed by atoms with E-state index in [1.165, 1.54) is 36.4 Å². The van der Waals surface area contributed by atoms with E-state index < -0.39 is 32.5 Å². The van der Waals surface area contributed by atoms with E-state index in [-0.39, 0.29) is 21.2 Å². The second-order valence-corrected chi connectivity index (χ2v) is 12.3. The Hall–Kier alpha value is -3.67. The zero-order valence-corrected chi connectivity index (χ0v) is 22.5. The lowest BCUT2D eigenvalue weighted by Gasteiger charge is -2.24. The van der Waals surface area contributed by atoms with Crippen LogP contribution in [-0.2, 0) is 24.8 Å². The topological polar surface area (TPSA) is 113 Å². The molecule has 0 unspecified atom stereocenters. The lowest BCUT2D eigenvalue weighted by atomic mass is 10.2. The lowest BCUT2D eigenvalue weighted by molar-refractivity contribution is -0.114. The van der Waals surface area contributed by atoms with Crippen LogP contribution in [0.5, 0.6) is 0 Å². The summed E-state index contributed by atoms with van der Waals surface area (Å²) in [6.07, 6.45) is 0. The molecule has 0 fully saturated rings. The molecule has 0 heterocycles. The highest BCUT2D eigenvalue weighted by atomic mass is 79.9. The third-order valence-electron chi connectivity index (χ3n) is 5.23. The molecule has 0 saturated carbocycles. The van der Waals surface area contributed by atoms with Crippen molar-refractivity contribution in [1.82, 2.24) is 0 Å². The van der Waals surface area contributed by atoms with Crippen molar-refractivity contribution in [2.24, 2.45) is 0 Å². The fourth-order valence-electron chi connectivity index (χ4n) is 3.45. The van der Waals surface area contributed by atoms with E-state index in [0.717, 1.165) is 8.78 Å². The largest absolute Gasteiger partial charge is 0.323 e. The van der Waals surface area contributed by atoms with E-state index in [1.807, 2.05) is 0 Å². The maximum atomic E-state index is 13.5. The number of benzene rings is 4. The van der Waals surface area contributed by atoms with Gasteiger partial charge in [-0.25, -0.2) is 16.8 Å². The number of nitrogens with zero attached hydrogens (tertiary/aromatic N) is 1. The second-order valence-electron chi connectivity index (χ2n) is 7.81. The Balaban J connectivity index is 1.61. The van der Waals surface area contributed by atoms with Crippen LogP contribution in [0.15, 0.2) is 123 Å². The molecule has 0 aliphatic rings. The second kappa shape index (κ2) is 11.2. The summed E-state index contributed by atoms with van der Waals surface area (Å²) in [7, 11) is -8.00. The SMILES string of the molecule is O=C(CN(c1ccc(Br)cc1)S(=O)(=O)c1ccccc1)Nc1ccccc1NS(=O)(=O)c1ccccc1. The number of halogens is 1. The van der Waals surface area contributed by atoms with E-state index in [4.69, 9.17) is 0 Å². The highest BCUT2D eigenvalue weighted by Crippen LogP contribution is 2.27. The zero-order chi connectivity index (χ0) is 26.5. The molecular formula is C26H22BrN3O5S2. The van der Waals surface area contributed by atoms with Crippen LogP contribution in [-0.4, -0.2) is 29.3 Å². The van der Waals surface area contributed by atoms with Crippen LogP contribution in [0, 0.1) is 0 Å². The van der Waals surface area contributed by atoms with Gasteiger partial charge in [0.25, 0.3) is 20.0 Å². The molecule has 11 heteroatoms. The lowest BCUT2D eigenvalue weighted by Crippen LogP contribution is -2.38. The highest BCUT2D eigenvalue weighted by Gasteiger charge is 2.27. The van der Waals surface area contributed by atoms with E-state index in [0.29, 0.717) is 5.69 Å². The third kappa shape index (κ3) is 6.37. The van der Waals surface area contributed by atoms with Crippen molar-refractivity contribution in [2.45, 2.75) is 9.79 Å². The van der Waals surface area contributed by atoms with Crippen molar-refractivity contribution in [3.05, 3.63) is 114 Å². The maximum Gasteiger partial charge on any atom is 0.264 e. The standard InChI is InChI=1S/C26H22BrN3O5S2/c27-20-15-17-21(18-16-20)30(37(34,35)23-11-5-2-6-12-23)19-26(31)28-24-13-7-8-14-25(24)29-36(32,33)22-9-3-1-4-10-22/h1-18,29H,19H2,(H,28,31). The van der Waals surface area contributed by atoms with Gasteiger partial charge in [0.1, 0.15) is 6.54 Å². The predicted molar refractivity (Wildman–Crippen MR) is 147 cm³/mol. The molecule has 8 nitrogen and oxygen atoms in total. The summed E-state index contributed by atoms with van der Waals surface area (Å²) in [5.41, 5.74) is 0.612. The molecular weight excluding hydrogens is 578 g/mol. The Morgan fingerprint density at radius 1 is 0.676 bits per heavy atom. The Kier molecular flexibility index (Phi) is 7.96. The van der Waals surface area contributed by atoms with Crippen LogP contribution in [0.3, 0.4) is 0 Å². The number of carbonyl (C=O) groups is 1. The normalized spacial score (nSPS) is 11.5. The van der Waals surface area contributed by atoms with Crippen LogP contribution >= 0.6 is 15.9 Å². The molecule has 1 amide bonds. The Labute approximate surface area is 224 Å². The zero-order valence-electron chi connectivity index (χ0n) is 19.3. The summed E-state index contributed by atoms with van der Waals surface area (Å²) in [5, 5.41) is 2.64. The number of amides is 1. The van der Waals surface area contributed by atoms with Gasteiger partial charge in [0, 0.05) is 4.47 Å². The predicted octanol–water partition coefficient (Wildman–Crippen LogP) is 5.08. The summed E-state index contributed by atoms with van der Waals surface area (Å²) in [6, 6.07) is 28.4. The van der Waals surface area contributed by atoms with Gasteiger partial charge in [-0.15, -0.1) is 0 Å². The molecule has 0 bridgehead atoms. The first-order chi connectivity index (χ1) is 17.7. The smallest absolute Gasteiger partial charge is 0.264 e. The number of anilines is 3. The first-order valence-electron chi connectivity index (χ1n) is 11.0. The van der Waals surface area contributed by atoms with Crippen molar-refractivity contribution in [2.75, 3.05) is 20.9 Å². The van der Waals surface area contributed by atoms with Crippen LogP contribution in [0.2, 0.25) is 0 Å². The fraction of sp³-hybridized carbons (Fsp3) is 0.0385. The van der Waals surface area contributed by atoms with Gasteiger partial charge in [0.15, 0.2) is 0 Å². The third-order valence-corrected chi connectivity index (χ3v) is 8.93. The minimum absolute atomic E-state index is 0.0294. The molecule has 0 aliphatic carbocycles. The van der Waals surface area contributed by atoms with Gasteiger partial charge in [0.2, 0.25) is 5.91 Å². The monoisotopic (exact) mass is 599 g/mol. The van der Waals surface area contributed by atoms with Crippen molar-refractivity contribution >= 4 is 58.9 Å². The van der Waals surface area contributed by atoms with E-state index in [1.54, 1.807) is 72.8 Å². The molecule has 2 N–H and O–H groups in total. The van der Waals surface area contributed by atoms with Crippen molar-refractivity contribution in [3.8, 4) is 0 Å². The van der Waals surface area contributed by atoms with Gasteiger partial charge >= 0.3 is 0 Å². The molecule has 0 atom stereocenters. The van der Waals surface area contributed by atoms with Gasteiger partial charge in [0.05, 0.1) is 26.9 Å². The number of hydrogen-bond donors (Lipinski definition) is 2. The van der Waals surface area contributed by atoms with Gasteiger partial charge in [-0.2, -0.15) is 0 Å². The number of nitrogens with one attached hydrogen (secondary N) is 2. The van der Waals surface area contributed by atoms with Crippen LogP contribution in [0.25, 0.3) is 0 Å². The first kappa shape index (κ1) is 26.4. The molecule has 190 valence electrons. The molecule has 0 spiro atoms. The summed E-state index contributed by atoms with van der Waals surface area (Å²) in [4.78, 5) is 13.2. The molecule has 0 aromatic heterocycles. The Morgan fingerprint density at radius 2 is 1.19 bits per heavy atom. The van der Waals surface area contributed by atoms with Crippen molar-refractivity contribution in [3.63, 3.8) is 0 Å². The molecule has 37 heavy (non-hydrogen) atoms. The van der Waals surface area contributed by atoms with Crippen molar-refractivity contribution in [1.29, 1.82) is 0 Å². The first-order valence-corrected chi connectivity index (χ1v) is 14.7. The van der Waals surface area contributed by atoms with Crippen LogP contribution < -0.4 is 14.3 Å². The minimum Gasteiger partial charge on any atom is -0.323 e. The van der Waals surface area contributed by atoms with Crippen LogP contribution in [0.1, 0.15) is 0 Å². The number of carbonyl (C=O) groups excluding carboxylic acids is 1. The molecule has 0 aliphatic heterocycles. The van der Waals surface area contributed by atoms with E-state index in [2.05, 4.69) is 26.0 Å². The van der Waals surface area contributed by atoms with Crippen LogP contribution in [0.4, 0.5) is 17.1 Å². The molecule has 4 aromatic rings. The van der Waals surface area contributed by atoms with Crippen molar-refractivity contribution < 1.29 is 21.6 Å². The number of sulfonamides is 2. The summed E-state index contributed by atoms with van der Waals surface area (Å²) >= 11 is 3.33. The summed E-state index contributed by atoms with van der Waals surface area (Å²) < 4.78 is 56.8. The average Bonchev–Trinajstić information content (AvgIpc) is 2.90. The number of para-hydroxylation sites is 2. The molecule has 0 saturated heterocycles. The maximum absolute atomic E-state index is 13.5. The Morgan fingerprint density at radius 3 is 1.78 bits per heavy atom. The molecule has 4 rings (SSSR count). The quantitative estimate of drug-likeness (QED) is 0.278.